The highest BCUT2D eigenvalue weighted by molar-refractivity contribution is 5.98. The largest absolute Gasteiger partial charge is 0.343 e. The second-order valence-corrected chi connectivity index (χ2v) is 8.73. The summed E-state index contributed by atoms with van der Waals surface area (Å²) < 4.78 is 28.7. The van der Waals surface area contributed by atoms with Crippen molar-refractivity contribution in [1.82, 2.24) is 14.4 Å². The number of carbonyl (C=O) groups excluding carboxylic acids is 1. The van der Waals surface area contributed by atoms with Crippen molar-refractivity contribution >= 4 is 16.8 Å². The average molecular weight is 424 g/mol. The van der Waals surface area contributed by atoms with Gasteiger partial charge in [0.25, 0.3) is 5.91 Å². The Bertz CT molecular complexity index is 1100. The quantitative estimate of drug-likeness (QED) is 0.610. The molecule has 162 valence electrons. The van der Waals surface area contributed by atoms with Crippen LogP contribution >= 0.6 is 0 Å². The Labute approximate surface area is 181 Å². The van der Waals surface area contributed by atoms with Gasteiger partial charge in [0.05, 0.1) is 0 Å². The van der Waals surface area contributed by atoms with Crippen molar-refractivity contribution in [2.24, 2.45) is 0 Å². The van der Waals surface area contributed by atoms with Gasteiger partial charge in [-0.05, 0) is 54.8 Å². The predicted molar refractivity (Wildman–Crippen MR) is 117 cm³/mol. The molecule has 0 unspecified atom stereocenters. The molecule has 2 aromatic carbocycles. The summed E-state index contributed by atoms with van der Waals surface area (Å²) in [7, 11) is 0. The summed E-state index contributed by atoms with van der Waals surface area (Å²) in [5.41, 5.74) is 2.36. The average Bonchev–Trinajstić information content (AvgIpc) is 3.46. The van der Waals surface area contributed by atoms with E-state index in [2.05, 4.69) is 4.90 Å². The zero-order valence-corrected chi connectivity index (χ0v) is 17.6. The van der Waals surface area contributed by atoms with E-state index in [0.29, 0.717) is 23.7 Å². The van der Waals surface area contributed by atoms with Crippen LogP contribution in [-0.2, 0) is 6.54 Å². The number of amides is 1. The summed E-state index contributed by atoms with van der Waals surface area (Å²) in [5, 5.41) is 0.970. The van der Waals surface area contributed by atoms with Crippen molar-refractivity contribution < 1.29 is 13.6 Å². The van der Waals surface area contributed by atoms with Gasteiger partial charge in [-0.1, -0.05) is 18.9 Å². The van der Waals surface area contributed by atoms with E-state index < -0.39 is 11.6 Å². The lowest BCUT2D eigenvalue weighted by molar-refractivity contribution is 0.0573. The Hall–Kier alpha value is -2.73. The summed E-state index contributed by atoms with van der Waals surface area (Å²) >= 11 is 0. The van der Waals surface area contributed by atoms with E-state index in [9.17, 15) is 13.6 Å². The fourth-order valence-electron chi connectivity index (χ4n) is 5.05. The van der Waals surface area contributed by atoms with Crippen LogP contribution in [0.15, 0.2) is 48.7 Å². The Morgan fingerprint density at radius 2 is 1.68 bits per heavy atom. The van der Waals surface area contributed by atoms with E-state index >= 15 is 0 Å². The zero-order chi connectivity index (χ0) is 21.4. The van der Waals surface area contributed by atoms with Gasteiger partial charge in [-0.2, -0.15) is 0 Å². The Balaban J connectivity index is 1.28. The lowest BCUT2D eigenvalue weighted by Crippen LogP contribution is -2.51. The number of benzene rings is 2. The van der Waals surface area contributed by atoms with Crippen molar-refractivity contribution in [3.05, 3.63) is 71.4 Å². The SMILES string of the molecule is O=C(c1ccc2c(ccn2Cc2ccc(F)c(F)c2)c1)N1CCN(C2CCCC2)CC1. The normalized spacial score (nSPS) is 18.2. The number of nitrogens with zero attached hydrogens (tertiary/aromatic N) is 3. The van der Waals surface area contributed by atoms with Gasteiger partial charge in [0, 0.05) is 61.4 Å². The maximum atomic E-state index is 13.5. The van der Waals surface area contributed by atoms with Crippen LogP contribution in [0.4, 0.5) is 8.78 Å². The van der Waals surface area contributed by atoms with Crippen LogP contribution in [0.2, 0.25) is 0 Å². The van der Waals surface area contributed by atoms with Crippen molar-refractivity contribution in [1.29, 1.82) is 0 Å². The maximum absolute atomic E-state index is 13.5. The molecule has 0 spiro atoms. The third-order valence-corrected chi connectivity index (χ3v) is 6.80. The molecular formula is C25H27F2N3O. The summed E-state index contributed by atoms with van der Waals surface area (Å²) in [4.78, 5) is 17.6. The lowest BCUT2D eigenvalue weighted by Gasteiger charge is -2.38. The van der Waals surface area contributed by atoms with Crippen molar-refractivity contribution in [3.8, 4) is 0 Å². The first-order valence-electron chi connectivity index (χ1n) is 11.1. The minimum atomic E-state index is -0.839. The molecule has 1 amide bonds. The molecule has 1 saturated heterocycles. The van der Waals surface area contributed by atoms with Crippen LogP contribution in [0.5, 0.6) is 0 Å². The van der Waals surface area contributed by atoms with E-state index in [1.165, 1.54) is 31.7 Å². The first-order chi connectivity index (χ1) is 15.1. The maximum Gasteiger partial charge on any atom is 0.253 e. The summed E-state index contributed by atoms with van der Waals surface area (Å²) in [6, 6.07) is 12.4. The van der Waals surface area contributed by atoms with Crippen molar-refractivity contribution in [2.45, 2.75) is 38.3 Å². The minimum Gasteiger partial charge on any atom is -0.343 e. The predicted octanol–water partition coefficient (Wildman–Crippen LogP) is 4.67. The highest BCUT2D eigenvalue weighted by Crippen LogP contribution is 2.25. The van der Waals surface area contributed by atoms with Gasteiger partial charge in [0.15, 0.2) is 11.6 Å². The molecule has 31 heavy (non-hydrogen) atoms. The fourth-order valence-corrected chi connectivity index (χ4v) is 5.05. The molecule has 0 atom stereocenters. The van der Waals surface area contributed by atoms with Gasteiger partial charge >= 0.3 is 0 Å². The topological polar surface area (TPSA) is 28.5 Å². The fraction of sp³-hybridized carbons (Fsp3) is 0.400. The van der Waals surface area contributed by atoms with Crippen LogP contribution < -0.4 is 0 Å². The van der Waals surface area contributed by atoms with Crippen LogP contribution in [0, 0.1) is 11.6 Å². The number of piperazine rings is 1. The molecule has 5 rings (SSSR count). The molecule has 0 radical (unpaired) electrons. The molecule has 0 bridgehead atoms. The second-order valence-electron chi connectivity index (χ2n) is 8.73. The molecule has 2 aliphatic rings. The molecule has 4 nitrogen and oxygen atoms in total. The van der Waals surface area contributed by atoms with E-state index in [1.54, 1.807) is 6.07 Å². The standard InChI is InChI=1S/C25H27F2N3O/c26-22-7-5-18(15-23(22)27)17-30-10-9-19-16-20(6-8-24(19)30)25(31)29-13-11-28(12-14-29)21-3-1-2-4-21/h5-10,15-16,21H,1-4,11-14,17H2. The number of fused-ring (bicyclic) bond motifs is 1. The van der Waals surface area contributed by atoms with E-state index in [0.717, 1.165) is 43.1 Å². The lowest BCUT2D eigenvalue weighted by atomic mass is 10.1. The molecule has 0 N–H and O–H groups in total. The smallest absolute Gasteiger partial charge is 0.253 e. The van der Waals surface area contributed by atoms with Crippen LogP contribution in [0.3, 0.4) is 0 Å². The third kappa shape index (κ3) is 4.09. The molecule has 1 aliphatic carbocycles. The highest BCUT2D eigenvalue weighted by Gasteiger charge is 2.28. The molecule has 1 saturated carbocycles. The van der Waals surface area contributed by atoms with Crippen LogP contribution in [0.25, 0.3) is 10.9 Å². The van der Waals surface area contributed by atoms with E-state index in [-0.39, 0.29) is 5.91 Å². The Morgan fingerprint density at radius 3 is 2.42 bits per heavy atom. The van der Waals surface area contributed by atoms with Gasteiger partial charge in [-0.15, -0.1) is 0 Å². The number of aromatic nitrogens is 1. The first kappa shape index (κ1) is 20.2. The van der Waals surface area contributed by atoms with Gasteiger partial charge < -0.3 is 9.47 Å². The van der Waals surface area contributed by atoms with Gasteiger partial charge in [-0.3, -0.25) is 9.69 Å². The van der Waals surface area contributed by atoms with Gasteiger partial charge in [0.2, 0.25) is 0 Å². The third-order valence-electron chi connectivity index (χ3n) is 6.80. The molecule has 1 aromatic heterocycles. The minimum absolute atomic E-state index is 0.0846. The van der Waals surface area contributed by atoms with Crippen LogP contribution in [0.1, 0.15) is 41.6 Å². The second kappa shape index (κ2) is 8.42. The number of carbonyl (C=O) groups is 1. The monoisotopic (exact) mass is 423 g/mol. The van der Waals surface area contributed by atoms with Crippen LogP contribution in [-0.4, -0.2) is 52.5 Å². The molecule has 2 heterocycles. The molecular weight excluding hydrogens is 396 g/mol. The molecule has 2 fully saturated rings. The number of hydrogen-bond donors (Lipinski definition) is 0. The Kier molecular flexibility index (Phi) is 5.48. The Morgan fingerprint density at radius 1 is 0.903 bits per heavy atom. The summed E-state index contributed by atoms with van der Waals surface area (Å²) in [5.74, 6) is -1.59. The molecule has 1 aliphatic heterocycles. The molecule has 6 heteroatoms. The van der Waals surface area contributed by atoms with E-state index in [1.807, 2.05) is 39.9 Å². The first-order valence-corrected chi connectivity index (χ1v) is 11.1. The number of hydrogen-bond acceptors (Lipinski definition) is 2. The highest BCUT2D eigenvalue weighted by atomic mass is 19.2. The van der Waals surface area contributed by atoms with E-state index in [4.69, 9.17) is 0 Å². The summed E-state index contributed by atoms with van der Waals surface area (Å²) in [6.07, 6.45) is 7.18. The summed E-state index contributed by atoms with van der Waals surface area (Å²) in [6.45, 7) is 3.93. The number of rotatable bonds is 4. The number of halogens is 2. The van der Waals surface area contributed by atoms with Crippen molar-refractivity contribution in [2.75, 3.05) is 26.2 Å². The zero-order valence-electron chi connectivity index (χ0n) is 17.6. The van der Waals surface area contributed by atoms with Gasteiger partial charge in [0.1, 0.15) is 0 Å². The van der Waals surface area contributed by atoms with Crippen molar-refractivity contribution in [3.63, 3.8) is 0 Å². The van der Waals surface area contributed by atoms with Gasteiger partial charge in [-0.25, -0.2) is 8.78 Å². The molecule has 3 aromatic rings.